The number of nitrogens with zero attached hydrogens (tertiary/aromatic N) is 1. The Hall–Kier alpha value is -1.84. The standard InChI is InChI=1S/C13H16N2O2/c1-3-12(16)15-14-10-8-7-9-5-4-6-11(17-2)13(9)10/h4-6H,3,7-8H2,1-2H3,(H,15,16). The molecule has 4 heteroatoms. The van der Waals surface area contributed by atoms with Crippen molar-refractivity contribution in [1.82, 2.24) is 5.43 Å². The number of benzene rings is 1. The Morgan fingerprint density at radius 2 is 2.29 bits per heavy atom. The van der Waals surface area contributed by atoms with Crippen LogP contribution in [0, 0.1) is 0 Å². The maximum absolute atomic E-state index is 11.2. The van der Waals surface area contributed by atoms with E-state index >= 15 is 0 Å². The van der Waals surface area contributed by atoms with Gasteiger partial charge in [-0.2, -0.15) is 5.10 Å². The van der Waals surface area contributed by atoms with Crippen molar-refractivity contribution in [2.75, 3.05) is 7.11 Å². The van der Waals surface area contributed by atoms with Crippen LogP contribution < -0.4 is 10.2 Å². The van der Waals surface area contributed by atoms with Crippen LogP contribution in [0.25, 0.3) is 0 Å². The van der Waals surface area contributed by atoms with Gasteiger partial charge in [-0.15, -0.1) is 0 Å². The van der Waals surface area contributed by atoms with Crippen LogP contribution in [-0.2, 0) is 11.2 Å². The van der Waals surface area contributed by atoms with E-state index in [2.05, 4.69) is 16.6 Å². The van der Waals surface area contributed by atoms with Gasteiger partial charge in [0.1, 0.15) is 5.75 Å². The van der Waals surface area contributed by atoms with Gasteiger partial charge in [0.05, 0.1) is 12.8 Å². The maximum Gasteiger partial charge on any atom is 0.239 e. The minimum atomic E-state index is -0.0687. The van der Waals surface area contributed by atoms with Gasteiger partial charge in [-0.3, -0.25) is 4.79 Å². The number of methoxy groups -OCH3 is 1. The highest BCUT2D eigenvalue weighted by Crippen LogP contribution is 2.30. The normalized spacial score (nSPS) is 15.8. The second-order valence-corrected chi connectivity index (χ2v) is 3.94. The Balaban J connectivity index is 2.29. The van der Waals surface area contributed by atoms with Crippen LogP contribution >= 0.6 is 0 Å². The molecule has 0 heterocycles. The molecule has 0 fully saturated rings. The van der Waals surface area contributed by atoms with Gasteiger partial charge in [-0.05, 0) is 24.5 Å². The number of carbonyl (C=O) groups excluding carboxylic acids is 1. The topological polar surface area (TPSA) is 50.7 Å². The number of nitrogens with one attached hydrogen (secondary N) is 1. The van der Waals surface area contributed by atoms with Crippen LogP contribution in [0.15, 0.2) is 23.3 Å². The quantitative estimate of drug-likeness (QED) is 0.809. The van der Waals surface area contributed by atoms with Gasteiger partial charge in [0.15, 0.2) is 0 Å². The lowest BCUT2D eigenvalue weighted by Crippen LogP contribution is -2.18. The zero-order valence-electron chi connectivity index (χ0n) is 10.1. The summed E-state index contributed by atoms with van der Waals surface area (Å²) in [6.45, 7) is 1.80. The van der Waals surface area contributed by atoms with Crippen LogP contribution in [0.4, 0.5) is 0 Å². The second kappa shape index (κ2) is 4.99. The first-order valence-electron chi connectivity index (χ1n) is 5.78. The molecule has 0 saturated heterocycles. The molecule has 0 radical (unpaired) electrons. The summed E-state index contributed by atoms with van der Waals surface area (Å²) in [5.74, 6) is 0.755. The number of rotatable bonds is 3. The SMILES string of the molecule is CCC(=O)NN=C1CCc2cccc(OC)c21. The van der Waals surface area contributed by atoms with Gasteiger partial charge >= 0.3 is 0 Å². The van der Waals surface area contributed by atoms with Crippen molar-refractivity contribution in [2.24, 2.45) is 5.10 Å². The number of ether oxygens (including phenoxy) is 1. The molecule has 1 aliphatic carbocycles. The smallest absolute Gasteiger partial charge is 0.239 e. The molecule has 0 spiro atoms. The predicted molar refractivity (Wildman–Crippen MR) is 66.3 cm³/mol. The fourth-order valence-corrected chi connectivity index (χ4v) is 1.98. The first-order chi connectivity index (χ1) is 8.26. The summed E-state index contributed by atoms with van der Waals surface area (Å²) in [4.78, 5) is 11.2. The molecule has 1 aromatic rings. The number of hydrogen-bond acceptors (Lipinski definition) is 3. The highest BCUT2D eigenvalue weighted by atomic mass is 16.5. The summed E-state index contributed by atoms with van der Waals surface area (Å²) < 4.78 is 5.33. The summed E-state index contributed by atoms with van der Waals surface area (Å²) in [5.41, 5.74) is 5.73. The minimum Gasteiger partial charge on any atom is -0.496 e. The van der Waals surface area contributed by atoms with Gasteiger partial charge < -0.3 is 4.74 Å². The van der Waals surface area contributed by atoms with E-state index < -0.39 is 0 Å². The third-order valence-electron chi connectivity index (χ3n) is 2.89. The first-order valence-corrected chi connectivity index (χ1v) is 5.78. The average Bonchev–Trinajstić information content (AvgIpc) is 2.79. The van der Waals surface area contributed by atoms with Crippen molar-refractivity contribution in [3.63, 3.8) is 0 Å². The number of hydrogen-bond donors (Lipinski definition) is 1. The minimum absolute atomic E-state index is 0.0687. The van der Waals surface area contributed by atoms with Gasteiger partial charge in [0.25, 0.3) is 0 Å². The fraction of sp³-hybridized carbons (Fsp3) is 0.385. The number of carbonyl (C=O) groups is 1. The first kappa shape index (κ1) is 11.6. The Morgan fingerprint density at radius 3 is 3.00 bits per heavy atom. The van der Waals surface area contributed by atoms with Gasteiger partial charge in [-0.1, -0.05) is 19.1 Å². The molecule has 0 saturated carbocycles. The molecule has 0 bridgehead atoms. The van der Waals surface area contributed by atoms with E-state index in [-0.39, 0.29) is 5.91 Å². The molecule has 1 aliphatic rings. The number of fused-ring (bicyclic) bond motifs is 1. The molecule has 1 amide bonds. The lowest BCUT2D eigenvalue weighted by Gasteiger charge is -2.07. The third-order valence-corrected chi connectivity index (χ3v) is 2.89. The van der Waals surface area contributed by atoms with E-state index in [0.29, 0.717) is 6.42 Å². The molecule has 90 valence electrons. The number of hydrazone groups is 1. The van der Waals surface area contributed by atoms with Gasteiger partial charge in [-0.25, -0.2) is 5.43 Å². The van der Waals surface area contributed by atoms with Gasteiger partial charge in [0, 0.05) is 12.0 Å². The zero-order chi connectivity index (χ0) is 12.3. The molecule has 17 heavy (non-hydrogen) atoms. The Bertz CT molecular complexity index is 466. The molecular formula is C13H16N2O2. The van der Waals surface area contributed by atoms with Crippen LogP contribution in [0.3, 0.4) is 0 Å². The lowest BCUT2D eigenvalue weighted by atomic mass is 10.1. The van der Waals surface area contributed by atoms with Crippen LogP contribution in [-0.4, -0.2) is 18.7 Å². The maximum atomic E-state index is 11.2. The van der Waals surface area contributed by atoms with Crippen LogP contribution in [0.5, 0.6) is 5.75 Å². The van der Waals surface area contributed by atoms with E-state index in [1.807, 2.05) is 12.1 Å². The molecule has 4 nitrogen and oxygen atoms in total. The Morgan fingerprint density at radius 1 is 1.47 bits per heavy atom. The van der Waals surface area contributed by atoms with E-state index in [1.165, 1.54) is 5.56 Å². The average molecular weight is 232 g/mol. The zero-order valence-corrected chi connectivity index (χ0v) is 10.1. The highest BCUT2D eigenvalue weighted by molar-refractivity contribution is 6.07. The lowest BCUT2D eigenvalue weighted by molar-refractivity contribution is -0.120. The van der Waals surface area contributed by atoms with Crippen molar-refractivity contribution in [3.05, 3.63) is 29.3 Å². The summed E-state index contributed by atoms with van der Waals surface area (Å²) in [7, 11) is 1.65. The number of aryl methyl sites for hydroxylation is 1. The van der Waals surface area contributed by atoms with Crippen molar-refractivity contribution in [1.29, 1.82) is 0 Å². The molecule has 0 aliphatic heterocycles. The van der Waals surface area contributed by atoms with Crippen LogP contribution in [0.1, 0.15) is 30.9 Å². The van der Waals surface area contributed by atoms with Crippen molar-refractivity contribution >= 4 is 11.6 Å². The summed E-state index contributed by atoms with van der Waals surface area (Å²) in [6.07, 6.45) is 2.24. The third kappa shape index (κ3) is 2.30. The fourth-order valence-electron chi connectivity index (χ4n) is 1.98. The molecule has 2 rings (SSSR count). The van der Waals surface area contributed by atoms with E-state index in [4.69, 9.17) is 4.74 Å². The Labute approximate surface area is 101 Å². The van der Waals surface area contributed by atoms with Crippen molar-refractivity contribution in [2.45, 2.75) is 26.2 Å². The van der Waals surface area contributed by atoms with E-state index in [1.54, 1.807) is 14.0 Å². The second-order valence-electron chi connectivity index (χ2n) is 3.94. The highest BCUT2D eigenvalue weighted by Gasteiger charge is 2.21. The molecule has 0 unspecified atom stereocenters. The molecule has 0 aromatic heterocycles. The number of amides is 1. The molecule has 1 N–H and O–H groups in total. The monoisotopic (exact) mass is 232 g/mol. The van der Waals surface area contributed by atoms with E-state index in [9.17, 15) is 4.79 Å². The largest absolute Gasteiger partial charge is 0.496 e. The van der Waals surface area contributed by atoms with Gasteiger partial charge in [0.2, 0.25) is 5.91 Å². The molecular weight excluding hydrogens is 216 g/mol. The summed E-state index contributed by atoms with van der Waals surface area (Å²) >= 11 is 0. The van der Waals surface area contributed by atoms with E-state index in [0.717, 1.165) is 29.9 Å². The Kier molecular flexibility index (Phi) is 3.42. The summed E-state index contributed by atoms with van der Waals surface area (Å²) in [6, 6.07) is 5.97. The molecule has 0 atom stereocenters. The molecule has 1 aromatic carbocycles. The van der Waals surface area contributed by atoms with Crippen LogP contribution in [0.2, 0.25) is 0 Å². The predicted octanol–water partition coefficient (Wildman–Crippen LogP) is 1.87. The van der Waals surface area contributed by atoms with Crippen molar-refractivity contribution in [3.8, 4) is 5.75 Å². The van der Waals surface area contributed by atoms with Crippen molar-refractivity contribution < 1.29 is 9.53 Å². The summed E-state index contributed by atoms with van der Waals surface area (Å²) in [5, 5.41) is 4.18.